The number of rotatable bonds is 6. The van der Waals surface area contributed by atoms with Crippen LogP contribution in [0, 0.1) is 6.92 Å². The molecule has 0 spiro atoms. The second kappa shape index (κ2) is 6.06. The topological polar surface area (TPSA) is 84.2 Å². The fraction of sp³-hybridized carbons (Fsp3) is 0.308. The van der Waals surface area contributed by atoms with Crippen LogP contribution in [0.15, 0.2) is 39.8 Å². The number of aryl methyl sites for hydroxylation is 1. The van der Waals surface area contributed by atoms with Gasteiger partial charge in [-0.1, -0.05) is 12.1 Å². The van der Waals surface area contributed by atoms with E-state index in [9.17, 15) is 8.42 Å². The highest BCUT2D eigenvalue weighted by molar-refractivity contribution is 7.89. The first kappa shape index (κ1) is 14.5. The minimum Gasteiger partial charge on any atom is -0.379 e. The first-order valence-corrected chi connectivity index (χ1v) is 7.75. The van der Waals surface area contributed by atoms with Crippen LogP contribution in [0.3, 0.4) is 0 Å². The van der Waals surface area contributed by atoms with E-state index in [1.807, 2.05) is 13.0 Å². The summed E-state index contributed by atoms with van der Waals surface area (Å²) in [5.74, 6) is 0.758. The molecular weight excluding hydrogens is 278 g/mol. The number of benzene rings is 1. The molecule has 0 saturated carbocycles. The summed E-state index contributed by atoms with van der Waals surface area (Å²) in [4.78, 5) is 0.252. The van der Waals surface area contributed by atoms with E-state index in [1.54, 1.807) is 31.2 Å². The van der Waals surface area contributed by atoms with Gasteiger partial charge in [-0.25, -0.2) is 13.1 Å². The molecule has 0 amide bonds. The van der Waals surface area contributed by atoms with Crippen LogP contribution in [0.5, 0.6) is 0 Å². The van der Waals surface area contributed by atoms with Crippen LogP contribution in [0.2, 0.25) is 0 Å². The highest BCUT2D eigenvalue weighted by atomic mass is 32.2. The predicted octanol–water partition coefficient (Wildman–Crippen LogP) is 1.89. The summed E-state index contributed by atoms with van der Waals surface area (Å²) < 4.78 is 31.0. The molecule has 0 aliphatic carbocycles. The molecule has 0 aliphatic rings. The third kappa shape index (κ3) is 3.58. The van der Waals surface area contributed by atoms with Crippen LogP contribution in [0.1, 0.15) is 18.4 Å². The molecule has 0 radical (unpaired) electrons. The van der Waals surface area contributed by atoms with E-state index in [1.165, 1.54) is 0 Å². The number of anilines is 1. The monoisotopic (exact) mass is 295 g/mol. The van der Waals surface area contributed by atoms with Crippen molar-refractivity contribution in [2.24, 2.45) is 0 Å². The van der Waals surface area contributed by atoms with Gasteiger partial charge in [0.1, 0.15) is 11.5 Å². The summed E-state index contributed by atoms with van der Waals surface area (Å²) in [5, 5.41) is 7.02. The average Bonchev–Trinajstić information content (AvgIpc) is 2.83. The molecule has 20 heavy (non-hydrogen) atoms. The van der Waals surface area contributed by atoms with Gasteiger partial charge in [-0.3, -0.25) is 0 Å². The van der Waals surface area contributed by atoms with Gasteiger partial charge < -0.3 is 9.84 Å². The molecule has 2 aromatic rings. The molecule has 1 aromatic heterocycles. The summed E-state index contributed by atoms with van der Waals surface area (Å²) in [5.41, 5.74) is 1.62. The number of aromatic nitrogens is 1. The van der Waals surface area contributed by atoms with Crippen molar-refractivity contribution < 1.29 is 12.9 Å². The van der Waals surface area contributed by atoms with Crippen molar-refractivity contribution in [3.05, 3.63) is 41.8 Å². The smallest absolute Gasteiger partial charge is 0.240 e. The first-order chi connectivity index (χ1) is 9.51. The summed E-state index contributed by atoms with van der Waals surface area (Å²) >= 11 is 0. The molecular formula is C13H17N3O3S. The second-order valence-corrected chi connectivity index (χ2v) is 6.08. The number of hydrogen-bond acceptors (Lipinski definition) is 5. The van der Waals surface area contributed by atoms with Crippen molar-refractivity contribution >= 4 is 15.7 Å². The molecule has 2 rings (SSSR count). The standard InChI is InChI=1S/C13H17N3O3S/c1-3-15-20(17,18)13-6-4-11(5-7-13)14-9-12-8-10(2)19-16-12/h4-8,14-15H,3,9H2,1-2H3. The predicted molar refractivity (Wildman–Crippen MR) is 75.9 cm³/mol. The van der Waals surface area contributed by atoms with E-state index >= 15 is 0 Å². The number of sulfonamides is 1. The van der Waals surface area contributed by atoms with Crippen LogP contribution in [-0.2, 0) is 16.6 Å². The van der Waals surface area contributed by atoms with Gasteiger partial charge in [-0.05, 0) is 31.2 Å². The summed E-state index contributed by atoms with van der Waals surface area (Å²) in [6.45, 7) is 4.47. The number of hydrogen-bond donors (Lipinski definition) is 2. The molecule has 0 atom stereocenters. The largest absolute Gasteiger partial charge is 0.379 e. The highest BCUT2D eigenvalue weighted by Gasteiger charge is 2.11. The molecule has 1 aromatic carbocycles. The zero-order valence-corrected chi connectivity index (χ0v) is 12.2. The lowest BCUT2D eigenvalue weighted by atomic mass is 10.3. The van der Waals surface area contributed by atoms with Gasteiger partial charge in [0.25, 0.3) is 0 Å². The molecule has 0 unspecified atom stereocenters. The zero-order valence-electron chi connectivity index (χ0n) is 11.4. The average molecular weight is 295 g/mol. The molecule has 108 valence electrons. The van der Waals surface area contributed by atoms with E-state index in [0.717, 1.165) is 17.1 Å². The van der Waals surface area contributed by atoms with Crippen molar-refractivity contribution in [1.82, 2.24) is 9.88 Å². The van der Waals surface area contributed by atoms with Crippen molar-refractivity contribution in [2.45, 2.75) is 25.3 Å². The van der Waals surface area contributed by atoms with Gasteiger partial charge >= 0.3 is 0 Å². The molecule has 1 heterocycles. The lowest BCUT2D eigenvalue weighted by Crippen LogP contribution is -2.23. The van der Waals surface area contributed by atoms with E-state index in [4.69, 9.17) is 4.52 Å². The van der Waals surface area contributed by atoms with Crippen molar-refractivity contribution in [3.63, 3.8) is 0 Å². The fourth-order valence-electron chi connectivity index (χ4n) is 1.72. The maximum atomic E-state index is 11.8. The molecule has 7 heteroatoms. The Morgan fingerprint density at radius 3 is 2.50 bits per heavy atom. The van der Waals surface area contributed by atoms with E-state index in [-0.39, 0.29) is 4.90 Å². The van der Waals surface area contributed by atoms with Crippen molar-refractivity contribution in [3.8, 4) is 0 Å². The highest BCUT2D eigenvalue weighted by Crippen LogP contribution is 2.14. The second-order valence-electron chi connectivity index (χ2n) is 4.31. The van der Waals surface area contributed by atoms with Gasteiger partial charge in [0.05, 0.1) is 11.4 Å². The Hall–Kier alpha value is -1.86. The molecule has 0 fully saturated rings. The van der Waals surface area contributed by atoms with E-state index in [0.29, 0.717) is 13.1 Å². The normalized spacial score (nSPS) is 11.5. The van der Waals surface area contributed by atoms with Gasteiger partial charge in [0, 0.05) is 18.3 Å². The molecule has 2 N–H and O–H groups in total. The maximum Gasteiger partial charge on any atom is 0.240 e. The molecule has 6 nitrogen and oxygen atoms in total. The Balaban J connectivity index is 2.01. The molecule has 0 bridgehead atoms. The minimum atomic E-state index is -3.40. The van der Waals surface area contributed by atoms with Crippen LogP contribution < -0.4 is 10.0 Å². The maximum absolute atomic E-state index is 11.8. The van der Waals surface area contributed by atoms with Crippen molar-refractivity contribution in [1.29, 1.82) is 0 Å². The van der Waals surface area contributed by atoms with Crippen LogP contribution >= 0.6 is 0 Å². The lowest BCUT2D eigenvalue weighted by molar-refractivity contribution is 0.391. The third-order valence-electron chi connectivity index (χ3n) is 2.65. The SMILES string of the molecule is CCNS(=O)(=O)c1ccc(NCc2cc(C)on2)cc1. The van der Waals surface area contributed by atoms with E-state index in [2.05, 4.69) is 15.2 Å². The Labute approximate surface area is 118 Å². The summed E-state index contributed by atoms with van der Waals surface area (Å²) in [6.07, 6.45) is 0. The van der Waals surface area contributed by atoms with Gasteiger partial charge in [0.15, 0.2) is 0 Å². The lowest BCUT2D eigenvalue weighted by Gasteiger charge is -2.07. The van der Waals surface area contributed by atoms with Crippen LogP contribution in [0.25, 0.3) is 0 Å². The first-order valence-electron chi connectivity index (χ1n) is 6.27. The number of nitrogens with zero attached hydrogens (tertiary/aromatic N) is 1. The van der Waals surface area contributed by atoms with Gasteiger partial charge in [0.2, 0.25) is 10.0 Å². The third-order valence-corrected chi connectivity index (χ3v) is 4.21. The zero-order chi connectivity index (χ0) is 14.6. The molecule has 0 saturated heterocycles. The fourth-order valence-corrected chi connectivity index (χ4v) is 2.76. The van der Waals surface area contributed by atoms with Crippen molar-refractivity contribution in [2.75, 3.05) is 11.9 Å². The Bertz CT molecular complexity index is 662. The Morgan fingerprint density at radius 1 is 1.25 bits per heavy atom. The van der Waals surface area contributed by atoms with Crippen LogP contribution in [0.4, 0.5) is 5.69 Å². The van der Waals surface area contributed by atoms with Crippen LogP contribution in [-0.4, -0.2) is 20.1 Å². The quantitative estimate of drug-likeness (QED) is 0.850. The van der Waals surface area contributed by atoms with Gasteiger partial charge in [-0.2, -0.15) is 0 Å². The Morgan fingerprint density at radius 2 is 1.95 bits per heavy atom. The molecule has 0 aliphatic heterocycles. The Kier molecular flexibility index (Phi) is 4.41. The summed E-state index contributed by atoms with van der Waals surface area (Å²) in [7, 11) is -3.40. The van der Waals surface area contributed by atoms with E-state index < -0.39 is 10.0 Å². The summed E-state index contributed by atoms with van der Waals surface area (Å²) in [6, 6.07) is 8.41. The van der Waals surface area contributed by atoms with Gasteiger partial charge in [-0.15, -0.1) is 0 Å². The number of nitrogens with one attached hydrogen (secondary N) is 2. The minimum absolute atomic E-state index is 0.252.